The molecule has 0 aliphatic rings. The van der Waals surface area contributed by atoms with Crippen molar-refractivity contribution in [3.8, 4) is 11.5 Å². The fourth-order valence-corrected chi connectivity index (χ4v) is 4.04. The van der Waals surface area contributed by atoms with Crippen LogP contribution in [0.4, 0.5) is 5.69 Å². The predicted molar refractivity (Wildman–Crippen MR) is 114 cm³/mol. The number of phenols is 2. The van der Waals surface area contributed by atoms with Crippen LogP contribution >= 0.6 is 0 Å². The fraction of sp³-hybridized carbons (Fsp3) is 0.0476. The van der Waals surface area contributed by atoms with Crippen LogP contribution in [0.3, 0.4) is 0 Å². The molecule has 0 saturated heterocycles. The van der Waals surface area contributed by atoms with Crippen LogP contribution in [0.15, 0.2) is 71.9 Å². The summed E-state index contributed by atoms with van der Waals surface area (Å²) >= 11 is 0. The number of nitrogens with zero attached hydrogens (tertiary/aromatic N) is 1. The van der Waals surface area contributed by atoms with Gasteiger partial charge in [-0.25, -0.2) is 8.42 Å². The van der Waals surface area contributed by atoms with E-state index in [4.69, 9.17) is 0 Å². The van der Waals surface area contributed by atoms with Crippen molar-refractivity contribution in [3.63, 3.8) is 0 Å². The molecule has 0 radical (unpaired) electrons. The van der Waals surface area contributed by atoms with Crippen molar-refractivity contribution in [2.24, 2.45) is 0 Å². The first kappa shape index (κ1) is 20.2. The van der Waals surface area contributed by atoms with Gasteiger partial charge in [0.25, 0.3) is 15.9 Å². The van der Waals surface area contributed by atoms with Crippen molar-refractivity contribution in [2.75, 3.05) is 4.72 Å². The molecule has 0 aliphatic heterocycles. The lowest BCUT2D eigenvalue weighted by Crippen LogP contribution is -2.23. The minimum absolute atomic E-state index is 0.0156. The van der Waals surface area contributed by atoms with Crippen molar-refractivity contribution in [2.45, 2.75) is 11.4 Å². The number of hydrogen-bond acceptors (Lipinski definition) is 6. The van der Waals surface area contributed by atoms with E-state index in [2.05, 4.69) is 20.0 Å². The van der Waals surface area contributed by atoms with E-state index < -0.39 is 15.8 Å². The number of aromatic hydroxyl groups is 2. The van der Waals surface area contributed by atoms with Gasteiger partial charge in [-0.05, 0) is 42.0 Å². The molecule has 0 unspecified atom stereocenters. The van der Waals surface area contributed by atoms with E-state index in [1.165, 1.54) is 24.3 Å². The Morgan fingerprint density at radius 2 is 1.81 bits per heavy atom. The smallest absolute Gasteiger partial charge is 0.267 e. The monoisotopic (exact) mass is 438 g/mol. The second-order valence-corrected chi connectivity index (χ2v) is 8.46. The number of phenolic OH excluding ortho intramolecular Hbond substituents is 2. The van der Waals surface area contributed by atoms with Gasteiger partial charge in [-0.1, -0.05) is 12.1 Å². The van der Waals surface area contributed by atoms with Gasteiger partial charge in [0.15, 0.2) is 0 Å². The highest BCUT2D eigenvalue weighted by Gasteiger charge is 2.16. The highest BCUT2D eigenvalue weighted by molar-refractivity contribution is 7.92. The lowest BCUT2D eigenvalue weighted by atomic mass is 10.2. The van der Waals surface area contributed by atoms with Crippen LogP contribution in [0.1, 0.15) is 16.1 Å². The first-order valence-corrected chi connectivity index (χ1v) is 10.6. The molecule has 1 amide bonds. The van der Waals surface area contributed by atoms with E-state index in [0.29, 0.717) is 11.3 Å². The zero-order valence-electron chi connectivity index (χ0n) is 16.0. The van der Waals surface area contributed by atoms with Gasteiger partial charge >= 0.3 is 0 Å². The molecule has 9 nitrogen and oxygen atoms in total. The molecule has 31 heavy (non-hydrogen) atoms. The van der Waals surface area contributed by atoms with Crippen molar-refractivity contribution in [1.82, 2.24) is 15.3 Å². The van der Waals surface area contributed by atoms with E-state index in [0.717, 1.165) is 17.0 Å². The average Bonchev–Trinajstić information content (AvgIpc) is 3.19. The van der Waals surface area contributed by atoms with Crippen LogP contribution in [0.2, 0.25) is 0 Å². The van der Waals surface area contributed by atoms with Crippen LogP contribution in [-0.2, 0) is 16.6 Å². The quantitative estimate of drug-likeness (QED) is 0.231. The third-order valence-electron chi connectivity index (χ3n) is 4.58. The predicted octanol–water partition coefficient (Wildman–Crippen LogP) is 2.70. The van der Waals surface area contributed by atoms with Gasteiger partial charge in [0, 0.05) is 35.9 Å². The van der Waals surface area contributed by atoms with E-state index in [1.807, 2.05) is 0 Å². The largest absolute Gasteiger partial charge is 0.508 e. The van der Waals surface area contributed by atoms with Crippen LogP contribution in [0.25, 0.3) is 10.9 Å². The number of carbonyl (C=O) groups is 1. The third kappa shape index (κ3) is 4.43. The van der Waals surface area contributed by atoms with Crippen LogP contribution in [0, 0.1) is 0 Å². The first-order chi connectivity index (χ1) is 14.8. The number of pyridine rings is 1. The molecule has 0 aliphatic carbocycles. The van der Waals surface area contributed by atoms with E-state index in [9.17, 15) is 23.4 Å². The SMILES string of the molecule is O=C(NCc1ccc(S(=O)(=O)Nc2ccc(O)cc2O)cc1)c1cc2cnccc2[nH]1. The topological polar surface area (TPSA) is 144 Å². The molecular formula is C21H18N4O5S. The summed E-state index contributed by atoms with van der Waals surface area (Å²) in [5.74, 6) is -0.871. The molecule has 0 spiro atoms. The summed E-state index contributed by atoms with van der Waals surface area (Å²) in [6, 6.07) is 13.0. The Labute approximate surface area is 177 Å². The summed E-state index contributed by atoms with van der Waals surface area (Å²) in [5, 5.41) is 22.7. The van der Waals surface area contributed by atoms with Crippen LogP contribution in [-0.4, -0.2) is 34.5 Å². The Balaban J connectivity index is 1.42. The molecular weight excluding hydrogens is 420 g/mol. The molecule has 0 bridgehead atoms. The summed E-state index contributed by atoms with van der Waals surface area (Å²) in [6.07, 6.45) is 3.29. The second kappa shape index (κ2) is 8.00. The molecule has 0 atom stereocenters. The number of fused-ring (bicyclic) bond motifs is 1. The average molecular weight is 438 g/mol. The highest BCUT2D eigenvalue weighted by Crippen LogP contribution is 2.29. The minimum atomic E-state index is -3.94. The fourth-order valence-electron chi connectivity index (χ4n) is 2.97. The summed E-state index contributed by atoms with van der Waals surface area (Å²) in [4.78, 5) is 19.4. The van der Waals surface area contributed by atoms with Crippen molar-refractivity contribution in [1.29, 1.82) is 0 Å². The van der Waals surface area contributed by atoms with E-state index >= 15 is 0 Å². The number of sulfonamides is 1. The molecule has 0 fully saturated rings. The van der Waals surface area contributed by atoms with E-state index in [-0.39, 0.29) is 28.8 Å². The van der Waals surface area contributed by atoms with E-state index in [1.54, 1.807) is 36.7 Å². The van der Waals surface area contributed by atoms with Crippen LogP contribution in [0.5, 0.6) is 11.5 Å². The molecule has 4 rings (SSSR count). The molecule has 2 aromatic carbocycles. The standard InChI is InChI=1S/C21H18N4O5S/c26-15-3-6-18(20(27)10-15)25-31(29,30)16-4-1-13(2-5-16)11-23-21(28)19-9-14-12-22-8-7-17(14)24-19/h1-10,12,24-27H,11H2,(H,23,28). The number of benzene rings is 2. The van der Waals surface area contributed by atoms with Crippen molar-refractivity contribution < 1.29 is 23.4 Å². The van der Waals surface area contributed by atoms with Crippen molar-refractivity contribution >= 4 is 32.5 Å². The Kier molecular flexibility index (Phi) is 5.22. The zero-order valence-corrected chi connectivity index (χ0v) is 16.8. The van der Waals surface area contributed by atoms with Crippen molar-refractivity contribution in [3.05, 3.63) is 78.2 Å². The number of hydrogen-bond donors (Lipinski definition) is 5. The van der Waals surface area contributed by atoms with Gasteiger partial charge in [-0.3, -0.25) is 14.5 Å². The second-order valence-electron chi connectivity index (χ2n) is 6.78. The molecule has 4 aromatic rings. The van der Waals surface area contributed by atoms with Crippen LogP contribution < -0.4 is 10.0 Å². The Morgan fingerprint density at radius 3 is 2.52 bits per heavy atom. The number of amides is 1. The minimum Gasteiger partial charge on any atom is -0.508 e. The number of carbonyl (C=O) groups excluding carboxylic acids is 1. The summed E-state index contributed by atoms with van der Waals surface area (Å²) < 4.78 is 27.3. The number of rotatable bonds is 6. The lowest BCUT2D eigenvalue weighted by molar-refractivity contribution is 0.0946. The normalized spacial score (nSPS) is 11.4. The highest BCUT2D eigenvalue weighted by atomic mass is 32.2. The summed E-state index contributed by atoms with van der Waals surface area (Å²) in [7, 11) is -3.94. The van der Waals surface area contributed by atoms with Gasteiger partial charge in [0.05, 0.1) is 10.6 Å². The first-order valence-electron chi connectivity index (χ1n) is 9.16. The maximum absolute atomic E-state index is 12.5. The Bertz CT molecular complexity index is 1330. The molecule has 2 aromatic heterocycles. The van der Waals surface area contributed by atoms with Gasteiger partial charge in [0.2, 0.25) is 0 Å². The molecule has 0 saturated carbocycles. The lowest BCUT2D eigenvalue weighted by Gasteiger charge is -2.10. The molecule has 158 valence electrons. The summed E-state index contributed by atoms with van der Waals surface area (Å²) in [5.41, 5.74) is 1.86. The maximum atomic E-state index is 12.5. The zero-order chi connectivity index (χ0) is 22.0. The molecule has 2 heterocycles. The van der Waals surface area contributed by atoms with Gasteiger partial charge < -0.3 is 20.5 Å². The van der Waals surface area contributed by atoms with Gasteiger partial charge in [-0.2, -0.15) is 0 Å². The van der Waals surface area contributed by atoms with Gasteiger partial charge in [0.1, 0.15) is 17.2 Å². The number of H-pyrrole nitrogens is 1. The molecule has 5 N–H and O–H groups in total. The maximum Gasteiger partial charge on any atom is 0.267 e. The number of nitrogens with one attached hydrogen (secondary N) is 3. The Morgan fingerprint density at radius 1 is 1.03 bits per heavy atom. The van der Waals surface area contributed by atoms with Gasteiger partial charge in [-0.15, -0.1) is 0 Å². The summed E-state index contributed by atoms with van der Waals surface area (Å²) in [6.45, 7) is 0.207. The number of aromatic amines is 1. The number of aromatic nitrogens is 2. The third-order valence-corrected chi connectivity index (χ3v) is 5.96. The molecule has 10 heteroatoms. The Hall–Kier alpha value is -4.05. The number of anilines is 1.